The molecule has 0 N–H and O–H groups in total. The first-order valence-electron chi connectivity index (χ1n) is 6.03. The molecule has 0 aliphatic rings. The average Bonchev–Trinajstić information content (AvgIpc) is 2.67. The number of fused-ring (bicyclic) bond motifs is 1. The molecule has 5 heteroatoms. The average molecular weight is 279 g/mol. The smallest absolute Gasteiger partial charge is 0.309 e. The van der Waals surface area contributed by atoms with Crippen LogP contribution in [0.25, 0.3) is 11.1 Å². The molecule has 0 radical (unpaired) electrons. The van der Waals surface area contributed by atoms with E-state index in [-0.39, 0.29) is 17.1 Å². The van der Waals surface area contributed by atoms with Gasteiger partial charge in [-0.2, -0.15) is 0 Å². The Bertz CT molecular complexity index is 598. The van der Waals surface area contributed by atoms with Gasteiger partial charge in [-0.3, -0.25) is 4.79 Å². The summed E-state index contributed by atoms with van der Waals surface area (Å²) in [7, 11) is 1.38. The van der Waals surface area contributed by atoms with E-state index in [4.69, 9.17) is 4.42 Å². The first-order valence-corrected chi connectivity index (χ1v) is 6.84. The number of esters is 1. The molecule has 0 amide bonds. The zero-order valence-corrected chi connectivity index (χ0v) is 12.3. The van der Waals surface area contributed by atoms with Gasteiger partial charge in [-0.1, -0.05) is 38.6 Å². The van der Waals surface area contributed by atoms with Crippen molar-refractivity contribution in [3.8, 4) is 0 Å². The van der Waals surface area contributed by atoms with E-state index in [9.17, 15) is 4.79 Å². The van der Waals surface area contributed by atoms with E-state index in [0.717, 1.165) is 16.7 Å². The monoisotopic (exact) mass is 279 g/mol. The molecular weight excluding hydrogens is 262 g/mol. The molecular formula is C14H17NO3S. The highest BCUT2D eigenvalue weighted by atomic mass is 32.2. The normalized spacial score (nSPS) is 11.8. The topological polar surface area (TPSA) is 52.3 Å². The molecule has 0 unspecified atom stereocenters. The van der Waals surface area contributed by atoms with Gasteiger partial charge < -0.3 is 9.15 Å². The number of ether oxygens (including phenoxy) is 1. The summed E-state index contributed by atoms with van der Waals surface area (Å²) < 4.78 is 10.4. The molecule has 0 saturated carbocycles. The predicted molar refractivity (Wildman–Crippen MR) is 75.3 cm³/mol. The van der Waals surface area contributed by atoms with Crippen molar-refractivity contribution in [2.24, 2.45) is 0 Å². The number of carbonyl (C=O) groups excluding carboxylic acids is 1. The lowest BCUT2D eigenvalue weighted by Gasteiger charge is -2.13. The van der Waals surface area contributed by atoms with E-state index in [0.29, 0.717) is 5.22 Å². The van der Waals surface area contributed by atoms with Crippen LogP contribution in [0.15, 0.2) is 27.8 Å². The van der Waals surface area contributed by atoms with E-state index in [2.05, 4.69) is 30.5 Å². The Balaban J connectivity index is 2.26. The summed E-state index contributed by atoms with van der Waals surface area (Å²) >= 11 is 1.58. The molecule has 0 aliphatic heterocycles. The van der Waals surface area contributed by atoms with Crippen molar-refractivity contribution in [1.29, 1.82) is 0 Å². The number of carbonyl (C=O) groups is 1. The first-order chi connectivity index (χ1) is 8.87. The van der Waals surface area contributed by atoms with Crippen LogP contribution in [0.2, 0.25) is 0 Å². The molecule has 102 valence electrons. The second-order valence-corrected chi connectivity index (χ2v) is 7.03. The number of aromatic nitrogens is 1. The highest BCUT2D eigenvalue weighted by molar-refractivity contribution is 8.00. The van der Waals surface area contributed by atoms with Crippen molar-refractivity contribution in [2.45, 2.75) is 37.2 Å². The maximum atomic E-state index is 11.2. The summed E-state index contributed by atoms with van der Waals surface area (Å²) in [5, 5.41) is 0.651. The van der Waals surface area contributed by atoms with Gasteiger partial charge in [0.1, 0.15) is 5.52 Å². The Labute approximate surface area is 116 Å². The minimum absolute atomic E-state index is 0.0513. The van der Waals surface area contributed by atoms with Crippen LogP contribution >= 0.6 is 11.8 Å². The standard InChI is InChI=1S/C14H17NO3S/c1-14(2,3)19-13-15-10-7-9(8-12(16)17-4)5-6-11(10)18-13/h5-7H,8H2,1-4H3. The number of thioether (sulfide) groups is 1. The van der Waals surface area contributed by atoms with Gasteiger partial charge in [0.05, 0.1) is 13.5 Å². The van der Waals surface area contributed by atoms with Crippen LogP contribution in [0.3, 0.4) is 0 Å². The number of methoxy groups -OCH3 is 1. The van der Waals surface area contributed by atoms with Crippen LogP contribution in [0.1, 0.15) is 26.3 Å². The van der Waals surface area contributed by atoms with Gasteiger partial charge in [-0.15, -0.1) is 0 Å². The Hall–Kier alpha value is -1.49. The Morgan fingerprint density at radius 2 is 2.16 bits per heavy atom. The van der Waals surface area contributed by atoms with E-state index >= 15 is 0 Å². The minimum atomic E-state index is -0.257. The van der Waals surface area contributed by atoms with Crippen LogP contribution in [0.4, 0.5) is 0 Å². The fraction of sp³-hybridized carbons (Fsp3) is 0.429. The van der Waals surface area contributed by atoms with Gasteiger partial charge in [0.25, 0.3) is 5.22 Å². The second kappa shape index (κ2) is 5.25. The predicted octanol–water partition coefficient (Wildman–Crippen LogP) is 3.43. The maximum Gasteiger partial charge on any atom is 0.309 e. The summed E-state index contributed by atoms with van der Waals surface area (Å²) in [6, 6.07) is 5.56. The van der Waals surface area contributed by atoms with Gasteiger partial charge in [0.15, 0.2) is 5.58 Å². The third-order valence-electron chi connectivity index (χ3n) is 2.40. The molecule has 1 aromatic carbocycles. The zero-order chi connectivity index (χ0) is 14.0. The molecule has 2 aromatic rings. The van der Waals surface area contributed by atoms with E-state index in [1.807, 2.05) is 18.2 Å². The van der Waals surface area contributed by atoms with E-state index < -0.39 is 0 Å². The van der Waals surface area contributed by atoms with Gasteiger partial charge in [-0.25, -0.2) is 4.98 Å². The Morgan fingerprint density at radius 3 is 2.79 bits per heavy atom. The summed E-state index contributed by atoms with van der Waals surface area (Å²) in [6.07, 6.45) is 0.251. The molecule has 0 spiro atoms. The van der Waals surface area contributed by atoms with Crippen LogP contribution in [0, 0.1) is 0 Å². The van der Waals surface area contributed by atoms with Crippen molar-refractivity contribution in [3.63, 3.8) is 0 Å². The van der Waals surface area contributed by atoms with Gasteiger partial charge in [0, 0.05) is 4.75 Å². The molecule has 4 nitrogen and oxygen atoms in total. The highest BCUT2D eigenvalue weighted by Crippen LogP contribution is 2.33. The highest BCUT2D eigenvalue weighted by Gasteiger charge is 2.17. The van der Waals surface area contributed by atoms with E-state index in [1.54, 1.807) is 11.8 Å². The molecule has 2 rings (SSSR count). The van der Waals surface area contributed by atoms with Gasteiger partial charge in [-0.05, 0) is 17.7 Å². The van der Waals surface area contributed by atoms with Crippen molar-refractivity contribution in [2.75, 3.05) is 7.11 Å². The quantitative estimate of drug-likeness (QED) is 0.636. The largest absolute Gasteiger partial charge is 0.469 e. The zero-order valence-electron chi connectivity index (χ0n) is 11.5. The summed E-state index contributed by atoms with van der Waals surface area (Å²) in [5.41, 5.74) is 2.38. The molecule has 0 atom stereocenters. The molecule has 0 bridgehead atoms. The van der Waals surface area contributed by atoms with Crippen LogP contribution in [-0.4, -0.2) is 22.8 Å². The van der Waals surface area contributed by atoms with Crippen LogP contribution in [-0.2, 0) is 16.0 Å². The van der Waals surface area contributed by atoms with Gasteiger partial charge in [0.2, 0.25) is 0 Å². The molecule has 0 aliphatic carbocycles. The molecule has 0 fully saturated rings. The molecule has 1 aromatic heterocycles. The fourth-order valence-electron chi connectivity index (χ4n) is 1.61. The molecule has 19 heavy (non-hydrogen) atoms. The Morgan fingerprint density at radius 1 is 1.42 bits per heavy atom. The van der Waals surface area contributed by atoms with Crippen LogP contribution < -0.4 is 0 Å². The summed E-state index contributed by atoms with van der Waals surface area (Å²) in [6.45, 7) is 6.32. The SMILES string of the molecule is COC(=O)Cc1ccc2oc(SC(C)(C)C)nc2c1. The van der Waals surface area contributed by atoms with Gasteiger partial charge >= 0.3 is 5.97 Å². The Kier molecular flexibility index (Phi) is 3.85. The number of rotatable bonds is 3. The maximum absolute atomic E-state index is 11.2. The minimum Gasteiger partial charge on any atom is -0.469 e. The molecule has 1 heterocycles. The summed E-state index contributed by atoms with van der Waals surface area (Å²) in [5.74, 6) is -0.257. The second-order valence-electron chi connectivity index (χ2n) is 5.25. The van der Waals surface area contributed by atoms with Crippen LogP contribution in [0.5, 0.6) is 0 Å². The summed E-state index contributed by atoms with van der Waals surface area (Å²) in [4.78, 5) is 15.7. The number of hydrogen-bond acceptors (Lipinski definition) is 5. The first kappa shape index (κ1) is 13.9. The fourth-order valence-corrected chi connectivity index (χ4v) is 2.41. The number of nitrogens with zero attached hydrogens (tertiary/aromatic N) is 1. The van der Waals surface area contributed by atoms with Crippen molar-refractivity contribution < 1.29 is 13.9 Å². The third-order valence-corrected chi connectivity index (χ3v) is 3.36. The van der Waals surface area contributed by atoms with E-state index in [1.165, 1.54) is 7.11 Å². The lowest BCUT2D eigenvalue weighted by molar-refractivity contribution is -0.139. The molecule has 0 saturated heterocycles. The van der Waals surface area contributed by atoms with Crippen molar-refractivity contribution in [3.05, 3.63) is 23.8 Å². The number of oxazole rings is 1. The number of hydrogen-bond donors (Lipinski definition) is 0. The van der Waals surface area contributed by atoms with Crippen molar-refractivity contribution in [1.82, 2.24) is 4.98 Å². The third kappa shape index (κ3) is 3.73. The number of benzene rings is 1. The van der Waals surface area contributed by atoms with Crippen molar-refractivity contribution >= 4 is 28.8 Å². The lowest BCUT2D eigenvalue weighted by Crippen LogP contribution is -2.06. The lowest BCUT2D eigenvalue weighted by atomic mass is 10.1.